The quantitative estimate of drug-likeness (QED) is 0.643. The van der Waals surface area contributed by atoms with Gasteiger partial charge in [-0.3, -0.25) is 4.79 Å². The van der Waals surface area contributed by atoms with Crippen molar-refractivity contribution in [3.63, 3.8) is 0 Å². The van der Waals surface area contributed by atoms with Crippen LogP contribution in [0.15, 0.2) is 77.1 Å². The lowest BCUT2D eigenvalue weighted by molar-refractivity contribution is -0.140. The third-order valence-corrected chi connectivity index (χ3v) is 6.05. The molecule has 1 N–H and O–H groups in total. The maximum atomic E-state index is 14.2. The van der Waals surface area contributed by atoms with E-state index in [9.17, 15) is 14.0 Å². The molecule has 32 heavy (non-hydrogen) atoms. The van der Waals surface area contributed by atoms with Gasteiger partial charge in [0.1, 0.15) is 5.82 Å². The molecule has 0 aromatic heterocycles. The van der Waals surface area contributed by atoms with Crippen LogP contribution in [0.4, 0.5) is 4.39 Å². The smallest absolute Gasteiger partial charge is 0.336 e. The predicted molar refractivity (Wildman–Crippen MR) is 121 cm³/mol. The first-order valence-electron chi connectivity index (χ1n) is 11.1. The Hall–Kier alpha value is -3.21. The minimum absolute atomic E-state index is 0.0245. The average molecular weight is 434 g/mol. The molecule has 2 aromatic carbocycles. The van der Waals surface area contributed by atoms with Crippen molar-refractivity contribution in [2.45, 2.75) is 45.4 Å². The first-order chi connectivity index (χ1) is 15.3. The van der Waals surface area contributed by atoms with Gasteiger partial charge in [0.15, 0.2) is 5.78 Å². The van der Waals surface area contributed by atoms with Gasteiger partial charge in [0, 0.05) is 29.3 Å². The molecule has 0 bridgehead atoms. The molecule has 0 unspecified atom stereocenters. The summed E-state index contributed by atoms with van der Waals surface area (Å²) in [5.41, 5.74) is 4.07. The molecule has 0 fully saturated rings. The van der Waals surface area contributed by atoms with Gasteiger partial charge in [-0.05, 0) is 48.4 Å². The van der Waals surface area contributed by atoms with Gasteiger partial charge in [-0.2, -0.15) is 0 Å². The van der Waals surface area contributed by atoms with Gasteiger partial charge in [0.05, 0.1) is 12.2 Å². The number of carbonyl (C=O) groups excluding carboxylic acids is 2. The van der Waals surface area contributed by atoms with Crippen molar-refractivity contribution in [1.29, 1.82) is 0 Å². The normalized spacial score (nSPS) is 20.8. The summed E-state index contributed by atoms with van der Waals surface area (Å²) < 4.78 is 19.7. The van der Waals surface area contributed by atoms with Crippen molar-refractivity contribution in [1.82, 2.24) is 5.32 Å². The Morgan fingerprint density at radius 2 is 1.81 bits per heavy atom. The second-order valence-electron chi connectivity index (χ2n) is 8.98. The second kappa shape index (κ2) is 9.11. The van der Waals surface area contributed by atoms with E-state index in [0.29, 0.717) is 35.2 Å². The predicted octanol–water partition coefficient (Wildman–Crippen LogP) is 5.39. The van der Waals surface area contributed by atoms with Crippen LogP contribution in [-0.4, -0.2) is 18.4 Å². The Balaban J connectivity index is 1.77. The second-order valence-corrected chi connectivity index (χ2v) is 8.98. The van der Waals surface area contributed by atoms with E-state index in [1.807, 2.05) is 51.1 Å². The fourth-order valence-corrected chi connectivity index (χ4v) is 4.61. The van der Waals surface area contributed by atoms with E-state index < -0.39 is 17.7 Å². The number of rotatable bonds is 5. The highest BCUT2D eigenvalue weighted by Crippen LogP contribution is 2.45. The van der Waals surface area contributed by atoms with Crippen LogP contribution in [0, 0.1) is 11.7 Å². The molecule has 1 aliphatic carbocycles. The average Bonchev–Trinajstić information content (AvgIpc) is 2.77. The molecular weight excluding hydrogens is 405 g/mol. The van der Waals surface area contributed by atoms with Crippen LogP contribution in [0.25, 0.3) is 0 Å². The molecule has 166 valence electrons. The molecule has 2 atom stereocenters. The maximum absolute atomic E-state index is 14.2. The molecule has 0 saturated heterocycles. The largest absolute Gasteiger partial charge is 0.462 e. The highest BCUT2D eigenvalue weighted by molar-refractivity contribution is 6.04. The Labute approximate surface area is 188 Å². The van der Waals surface area contributed by atoms with Crippen molar-refractivity contribution < 1.29 is 18.7 Å². The van der Waals surface area contributed by atoms with E-state index in [0.717, 1.165) is 11.3 Å². The molecular formula is C27H28FNO3. The highest BCUT2D eigenvalue weighted by Gasteiger charge is 2.41. The molecule has 0 amide bonds. The molecule has 4 rings (SSSR count). The van der Waals surface area contributed by atoms with Crippen LogP contribution in [0.1, 0.15) is 56.6 Å². The van der Waals surface area contributed by atoms with Crippen LogP contribution >= 0.6 is 0 Å². The molecule has 0 saturated carbocycles. The molecule has 4 nitrogen and oxygen atoms in total. The third kappa shape index (κ3) is 4.38. The maximum Gasteiger partial charge on any atom is 0.336 e. The van der Waals surface area contributed by atoms with Crippen molar-refractivity contribution in [3.05, 3.63) is 94.1 Å². The fraction of sp³-hybridized carbons (Fsp3) is 0.333. The van der Waals surface area contributed by atoms with Gasteiger partial charge < -0.3 is 10.1 Å². The number of ether oxygens (including phenoxy) is 1. The lowest BCUT2D eigenvalue weighted by Gasteiger charge is -2.36. The van der Waals surface area contributed by atoms with Gasteiger partial charge in [0.2, 0.25) is 0 Å². The number of dihydropyridines is 1. The van der Waals surface area contributed by atoms with Crippen molar-refractivity contribution in [2.24, 2.45) is 5.92 Å². The number of benzene rings is 2. The van der Waals surface area contributed by atoms with Crippen LogP contribution < -0.4 is 5.32 Å². The number of hydrogen-bond acceptors (Lipinski definition) is 4. The van der Waals surface area contributed by atoms with Crippen molar-refractivity contribution >= 4 is 11.8 Å². The van der Waals surface area contributed by atoms with Crippen molar-refractivity contribution in [3.8, 4) is 0 Å². The van der Waals surface area contributed by atoms with Gasteiger partial charge >= 0.3 is 5.97 Å². The van der Waals surface area contributed by atoms with Gasteiger partial charge in [-0.1, -0.05) is 56.3 Å². The number of Topliss-reactive ketones (excluding diaryl/α,β-unsaturated/α-hetero) is 1. The summed E-state index contributed by atoms with van der Waals surface area (Å²) in [6.45, 7) is 6.03. The Bertz CT molecular complexity index is 1100. The molecule has 0 radical (unpaired) electrons. The van der Waals surface area contributed by atoms with Crippen LogP contribution in [0.5, 0.6) is 0 Å². The zero-order valence-corrected chi connectivity index (χ0v) is 18.7. The Morgan fingerprint density at radius 1 is 1.09 bits per heavy atom. The number of esters is 1. The van der Waals surface area contributed by atoms with E-state index >= 15 is 0 Å². The fourth-order valence-electron chi connectivity index (χ4n) is 4.61. The molecule has 5 heteroatoms. The summed E-state index contributed by atoms with van der Waals surface area (Å²) in [5, 5.41) is 3.33. The van der Waals surface area contributed by atoms with Crippen LogP contribution in [-0.2, 0) is 14.3 Å². The third-order valence-electron chi connectivity index (χ3n) is 6.05. The van der Waals surface area contributed by atoms with Gasteiger partial charge in [0.25, 0.3) is 0 Å². The summed E-state index contributed by atoms with van der Waals surface area (Å²) in [5.74, 6) is -1.30. The minimum Gasteiger partial charge on any atom is -0.462 e. The lowest BCUT2D eigenvalue weighted by atomic mass is 9.71. The first kappa shape index (κ1) is 22.0. The zero-order valence-electron chi connectivity index (χ0n) is 18.7. The molecule has 2 aliphatic rings. The Morgan fingerprint density at radius 3 is 2.50 bits per heavy atom. The molecule has 0 spiro atoms. The number of halogens is 1. The molecule has 1 heterocycles. The number of carbonyl (C=O) groups is 2. The lowest BCUT2D eigenvalue weighted by Crippen LogP contribution is -2.36. The number of allylic oxidation sites excluding steroid dienone is 3. The monoisotopic (exact) mass is 433 g/mol. The zero-order chi connectivity index (χ0) is 22.8. The standard InChI is InChI=1S/C27H28FNO3/c1-16(2)15-32-27(31)24-17(3)29-22-13-20(18-8-5-4-6-9-18)14-23(30)26(22)25(24)19-10-7-11-21(28)12-19/h4-12,16,20,25,29H,13-15H2,1-3H3/t20-,25-/m0/s1. The summed E-state index contributed by atoms with van der Waals surface area (Å²) >= 11 is 0. The van der Waals surface area contributed by atoms with E-state index in [1.54, 1.807) is 12.1 Å². The number of ketones is 1. The van der Waals surface area contributed by atoms with E-state index in [-0.39, 0.29) is 24.2 Å². The summed E-state index contributed by atoms with van der Waals surface area (Å²) in [6, 6.07) is 16.1. The summed E-state index contributed by atoms with van der Waals surface area (Å²) in [4.78, 5) is 26.6. The van der Waals surface area contributed by atoms with Crippen molar-refractivity contribution in [2.75, 3.05) is 6.61 Å². The minimum atomic E-state index is -0.647. The molecule has 2 aromatic rings. The van der Waals surface area contributed by atoms with Gasteiger partial charge in [-0.15, -0.1) is 0 Å². The summed E-state index contributed by atoms with van der Waals surface area (Å²) in [6.07, 6.45) is 1.01. The van der Waals surface area contributed by atoms with Crippen LogP contribution in [0.2, 0.25) is 0 Å². The topological polar surface area (TPSA) is 55.4 Å². The van der Waals surface area contributed by atoms with E-state index in [1.165, 1.54) is 12.1 Å². The SMILES string of the molecule is CC1=C(C(=O)OCC(C)C)[C@H](c2cccc(F)c2)C2=C(C[C@H](c3ccccc3)CC2=O)N1. The molecule has 1 aliphatic heterocycles. The van der Waals surface area contributed by atoms with E-state index in [4.69, 9.17) is 4.74 Å². The Kier molecular flexibility index (Phi) is 6.26. The highest BCUT2D eigenvalue weighted by atomic mass is 19.1. The summed E-state index contributed by atoms with van der Waals surface area (Å²) in [7, 11) is 0. The number of hydrogen-bond donors (Lipinski definition) is 1. The first-order valence-corrected chi connectivity index (χ1v) is 11.1. The van der Waals surface area contributed by atoms with Gasteiger partial charge in [-0.25, -0.2) is 9.18 Å². The van der Waals surface area contributed by atoms with E-state index in [2.05, 4.69) is 5.32 Å². The number of nitrogens with one attached hydrogen (secondary N) is 1. The van der Waals surface area contributed by atoms with Crippen LogP contribution in [0.3, 0.4) is 0 Å².